The van der Waals surface area contributed by atoms with E-state index in [4.69, 9.17) is 0 Å². The van der Waals surface area contributed by atoms with Gasteiger partial charge in [0.2, 0.25) is 0 Å². The molecule has 1 saturated heterocycles. The first kappa shape index (κ1) is 20.1. The molecule has 6 nitrogen and oxygen atoms in total. The summed E-state index contributed by atoms with van der Waals surface area (Å²) in [6.45, 7) is 5.05. The Bertz CT molecular complexity index is 774. The van der Waals surface area contributed by atoms with Gasteiger partial charge in [-0.2, -0.15) is 0 Å². The smallest absolute Gasteiger partial charge is 0.191 e. The predicted molar refractivity (Wildman–Crippen MR) is 117 cm³/mol. The van der Waals surface area contributed by atoms with Gasteiger partial charge in [0.25, 0.3) is 0 Å². The number of aromatic nitrogens is 1. The third-order valence-corrected chi connectivity index (χ3v) is 5.22. The second-order valence-electron chi connectivity index (χ2n) is 7.68. The van der Waals surface area contributed by atoms with E-state index >= 15 is 0 Å². The summed E-state index contributed by atoms with van der Waals surface area (Å²) >= 11 is 0. The Kier molecular flexibility index (Phi) is 6.87. The molecule has 1 aromatic carbocycles. The van der Waals surface area contributed by atoms with Gasteiger partial charge >= 0.3 is 0 Å². The zero-order valence-electron chi connectivity index (χ0n) is 17.4. The molecule has 0 amide bonds. The van der Waals surface area contributed by atoms with Gasteiger partial charge in [-0.1, -0.05) is 30.3 Å². The lowest BCUT2D eigenvalue weighted by Gasteiger charge is -2.21. The quantitative estimate of drug-likeness (QED) is 0.596. The fourth-order valence-electron chi connectivity index (χ4n) is 3.63. The minimum absolute atomic E-state index is 0.402. The molecule has 0 saturated carbocycles. The lowest BCUT2D eigenvalue weighted by molar-refractivity contribution is 0.258. The largest absolute Gasteiger partial charge is 0.363 e. The van der Waals surface area contributed by atoms with Crippen LogP contribution in [0.4, 0.5) is 5.82 Å². The molecule has 1 aromatic heterocycles. The maximum absolute atomic E-state index is 4.41. The van der Waals surface area contributed by atoms with E-state index in [1.165, 1.54) is 11.1 Å². The highest BCUT2D eigenvalue weighted by molar-refractivity contribution is 5.80. The van der Waals surface area contributed by atoms with E-state index in [0.29, 0.717) is 12.1 Å². The first-order valence-electron chi connectivity index (χ1n) is 9.92. The van der Waals surface area contributed by atoms with Crippen molar-refractivity contribution in [3.63, 3.8) is 0 Å². The minimum atomic E-state index is 0.402. The van der Waals surface area contributed by atoms with Crippen molar-refractivity contribution in [2.45, 2.75) is 38.5 Å². The molecule has 2 aromatic rings. The molecule has 1 aliphatic heterocycles. The topological polar surface area (TPSA) is 55.8 Å². The van der Waals surface area contributed by atoms with Crippen molar-refractivity contribution in [3.05, 3.63) is 59.8 Å². The maximum atomic E-state index is 4.41. The van der Waals surface area contributed by atoms with Crippen molar-refractivity contribution < 1.29 is 0 Å². The Morgan fingerprint density at radius 3 is 2.71 bits per heavy atom. The zero-order chi connectivity index (χ0) is 19.9. The molecule has 1 fully saturated rings. The van der Waals surface area contributed by atoms with Gasteiger partial charge in [0.15, 0.2) is 5.96 Å². The fraction of sp³-hybridized carbons (Fsp3) is 0.455. The summed E-state index contributed by atoms with van der Waals surface area (Å²) in [5.41, 5.74) is 2.55. The molecule has 0 radical (unpaired) electrons. The van der Waals surface area contributed by atoms with Crippen molar-refractivity contribution in [1.82, 2.24) is 20.5 Å². The normalized spacial score (nSPS) is 20.2. The van der Waals surface area contributed by atoms with Crippen molar-refractivity contribution in [2.24, 2.45) is 4.99 Å². The van der Waals surface area contributed by atoms with Crippen LogP contribution in [0.2, 0.25) is 0 Å². The third-order valence-electron chi connectivity index (χ3n) is 5.22. The number of likely N-dealkylation sites (tertiary alicyclic amines) is 1. The highest BCUT2D eigenvalue weighted by Gasteiger charge is 2.29. The molecule has 0 bridgehead atoms. The van der Waals surface area contributed by atoms with Crippen molar-refractivity contribution in [2.75, 3.05) is 32.6 Å². The van der Waals surface area contributed by atoms with Crippen LogP contribution < -0.4 is 15.5 Å². The number of hydrogen-bond acceptors (Lipinski definition) is 4. The van der Waals surface area contributed by atoms with Gasteiger partial charge in [-0.25, -0.2) is 4.98 Å². The number of guanidine groups is 1. The molecule has 2 unspecified atom stereocenters. The second-order valence-corrected chi connectivity index (χ2v) is 7.68. The lowest BCUT2D eigenvalue weighted by Crippen LogP contribution is -2.44. The van der Waals surface area contributed by atoms with Crippen LogP contribution in [0.5, 0.6) is 0 Å². The van der Waals surface area contributed by atoms with Crippen LogP contribution in [0.15, 0.2) is 53.7 Å². The average molecular weight is 381 g/mol. The Hall–Kier alpha value is -2.60. The van der Waals surface area contributed by atoms with Crippen LogP contribution in [0.3, 0.4) is 0 Å². The predicted octanol–water partition coefficient (Wildman–Crippen LogP) is 2.48. The fourth-order valence-corrected chi connectivity index (χ4v) is 3.63. The highest BCUT2D eigenvalue weighted by Crippen LogP contribution is 2.20. The molecule has 28 heavy (non-hydrogen) atoms. The number of pyridine rings is 1. The van der Waals surface area contributed by atoms with Crippen molar-refractivity contribution in [3.8, 4) is 0 Å². The summed E-state index contributed by atoms with van der Waals surface area (Å²) in [7, 11) is 5.83. The molecule has 2 heterocycles. The molecular weight excluding hydrogens is 348 g/mol. The third kappa shape index (κ3) is 5.45. The van der Waals surface area contributed by atoms with Crippen LogP contribution in [0.25, 0.3) is 0 Å². The molecule has 6 heteroatoms. The van der Waals surface area contributed by atoms with Gasteiger partial charge < -0.3 is 15.5 Å². The Morgan fingerprint density at radius 1 is 1.21 bits per heavy atom. The summed E-state index contributed by atoms with van der Waals surface area (Å²) in [6.07, 6.45) is 2.97. The molecule has 1 aliphatic rings. The molecule has 0 aliphatic carbocycles. The SMILES string of the molecule is CN=C(NCc1ccnc(N(C)C)c1)NC1CC(C)N(Cc2ccccc2)C1. The maximum Gasteiger partial charge on any atom is 0.191 e. The Morgan fingerprint density at radius 2 is 2.00 bits per heavy atom. The zero-order valence-corrected chi connectivity index (χ0v) is 17.4. The number of hydrogen-bond donors (Lipinski definition) is 2. The second kappa shape index (κ2) is 9.55. The van der Waals surface area contributed by atoms with Crippen molar-refractivity contribution in [1.29, 1.82) is 0 Å². The first-order valence-corrected chi connectivity index (χ1v) is 9.92. The van der Waals surface area contributed by atoms with Crippen molar-refractivity contribution >= 4 is 11.8 Å². The number of aliphatic imine (C=N–C) groups is 1. The highest BCUT2D eigenvalue weighted by atomic mass is 15.3. The molecule has 2 N–H and O–H groups in total. The standard InChI is InChI=1S/C22H32N6/c1-17-12-20(16-28(17)15-18-8-6-5-7-9-18)26-22(23-2)25-14-19-10-11-24-21(13-19)27(3)4/h5-11,13,17,20H,12,14-16H2,1-4H3,(H2,23,25,26). The first-order chi connectivity index (χ1) is 13.5. The Balaban J connectivity index is 1.51. The summed E-state index contributed by atoms with van der Waals surface area (Å²) < 4.78 is 0. The van der Waals surface area contributed by atoms with Crippen LogP contribution in [-0.2, 0) is 13.1 Å². The summed E-state index contributed by atoms with van der Waals surface area (Å²) in [5, 5.41) is 7.02. The van der Waals surface area contributed by atoms with E-state index in [-0.39, 0.29) is 0 Å². The average Bonchev–Trinajstić information content (AvgIpc) is 3.05. The van der Waals surface area contributed by atoms with Gasteiger partial charge in [0, 0.05) is 59.1 Å². The van der Waals surface area contributed by atoms with Gasteiger partial charge in [-0.05, 0) is 36.6 Å². The minimum Gasteiger partial charge on any atom is -0.363 e. The summed E-state index contributed by atoms with van der Waals surface area (Å²) in [6, 6.07) is 15.8. The van der Waals surface area contributed by atoms with E-state index < -0.39 is 0 Å². The molecular formula is C22H32N6. The summed E-state index contributed by atoms with van der Waals surface area (Å²) in [4.78, 5) is 13.3. The van der Waals surface area contributed by atoms with E-state index in [0.717, 1.165) is 37.8 Å². The molecule has 150 valence electrons. The lowest BCUT2D eigenvalue weighted by atomic mass is 10.2. The van der Waals surface area contributed by atoms with Gasteiger partial charge in [0.1, 0.15) is 5.82 Å². The van der Waals surface area contributed by atoms with E-state index in [9.17, 15) is 0 Å². The van der Waals surface area contributed by atoms with Crippen LogP contribution in [-0.4, -0.2) is 55.6 Å². The summed E-state index contributed by atoms with van der Waals surface area (Å²) in [5.74, 6) is 1.81. The van der Waals surface area contributed by atoms with Crippen LogP contribution in [0, 0.1) is 0 Å². The number of nitrogens with zero attached hydrogens (tertiary/aromatic N) is 4. The number of anilines is 1. The molecule has 2 atom stereocenters. The Labute approximate surface area is 168 Å². The molecule has 0 spiro atoms. The number of benzene rings is 1. The molecule has 3 rings (SSSR count). The van der Waals surface area contributed by atoms with Gasteiger partial charge in [-0.3, -0.25) is 9.89 Å². The van der Waals surface area contributed by atoms with Crippen LogP contribution in [0.1, 0.15) is 24.5 Å². The van der Waals surface area contributed by atoms with E-state index in [1.54, 1.807) is 0 Å². The number of nitrogens with one attached hydrogen (secondary N) is 2. The monoisotopic (exact) mass is 380 g/mol. The van der Waals surface area contributed by atoms with Crippen LogP contribution >= 0.6 is 0 Å². The van der Waals surface area contributed by atoms with Gasteiger partial charge in [0.05, 0.1) is 0 Å². The number of rotatable bonds is 6. The van der Waals surface area contributed by atoms with E-state index in [2.05, 4.69) is 68.8 Å². The van der Waals surface area contributed by atoms with Gasteiger partial charge in [-0.15, -0.1) is 0 Å². The van der Waals surface area contributed by atoms with E-state index in [1.807, 2.05) is 38.3 Å².